The van der Waals surface area contributed by atoms with Crippen molar-refractivity contribution in [3.63, 3.8) is 0 Å². The minimum absolute atomic E-state index is 0.128. The Morgan fingerprint density at radius 2 is 2.07 bits per heavy atom. The summed E-state index contributed by atoms with van der Waals surface area (Å²) < 4.78 is 0. The number of hydroxylamine groups is 2. The molecule has 0 aromatic rings. The van der Waals surface area contributed by atoms with Gasteiger partial charge in [0.2, 0.25) is 0 Å². The van der Waals surface area contributed by atoms with Crippen LogP contribution < -0.4 is 0 Å². The maximum Gasteiger partial charge on any atom is 0.322 e. The first kappa shape index (κ1) is 12.1. The molecule has 3 nitrogen and oxygen atoms in total. The number of carbonyl (C=O) groups excluding carboxylic acids is 1. The van der Waals surface area contributed by atoms with E-state index < -0.39 is 0 Å². The Kier molecular flexibility index (Phi) is 3.11. The minimum atomic E-state index is -0.284. The Labute approximate surface area is 91.7 Å². The average molecular weight is 209 g/mol. The lowest BCUT2D eigenvalue weighted by atomic mass is 9.96. The van der Waals surface area contributed by atoms with E-state index in [4.69, 9.17) is 11.3 Å². The third kappa shape index (κ3) is 2.32. The summed E-state index contributed by atoms with van der Waals surface area (Å²) in [6.07, 6.45) is 7.90. The summed E-state index contributed by atoms with van der Waals surface area (Å²) in [7, 11) is 0. The van der Waals surface area contributed by atoms with Gasteiger partial charge in [-0.2, -0.15) is 0 Å². The Morgan fingerprint density at radius 1 is 1.47 bits per heavy atom. The highest BCUT2D eigenvalue weighted by Crippen LogP contribution is 2.42. The molecule has 1 saturated heterocycles. The number of terminal acetylenes is 1. The predicted octanol–water partition coefficient (Wildman–Crippen LogP) is 2.12. The van der Waals surface area contributed by atoms with Crippen molar-refractivity contribution in [3.05, 3.63) is 0 Å². The monoisotopic (exact) mass is 209 g/mol. The topological polar surface area (TPSA) is 29.5 Å². The van der Waals surface area contributed by atoms with Gasteiger partial charge < -0.3 is 4.84 Å². The van der Waals surface area contributed by atoms with E-state index in [1.54, 1.807) is 5.06 Å². The van der Waals surface area contributed by atoms with Crippen LogP contribution in [0.1, 0.15) is 47.0 Å². The number of rotatable bonds is 2. The molecule has 1 fully saturated rings. The second kappa shape index (κ2) is 3.86. The van der Waals surface area contributed by atoms with E-state index in [9.17, 15) is 4.79 Å². The van der Waals surface area contributed by atoms with Crippen molar-refractivity contribution in [2.75, 3.05) is 0 Å². The standard InChI is InChI=1S/C12H19NO2/c1-6-7-12(5)9-8-11(3,4)13(12)15-10(2)14/h1H,7-9H2,2-5H3. The third-order valence-electron chi connectivity index (χ3n) is 3.02. The van der Waals surface area contributed by atoms with Crippen molar-refractivity contribution in [3.8, 4) is 12.3 Å². The number of hydrogen-bond acceptors (Lipinski definition) is 3. The molecule has 15 heavy (non-hydrogen) atoms. The van der Waals surface area contributed by atoms with Gasteiger partial charge in [0.05, 0.1) is 11.1 Å². The zero-order valence-corrected chi connectivity index (χ0v) is 9.96. The van der Waals surface area contributed by atoms with E-state index in [1.807, 2.05) is 6.92 Å². The lowest BCUT2D eigenvalue weighted by Gasteiger charge is -2.38. The molecule has 1 heterocycles. The first-order chi connectivity index (χ1) is 6.82. The lowest BCUT2D eigenvalue weighted by Crippen LogP contribution is -2.50. The highest BCUT2D eigenvalue weighted by molar-refractivity contribution is 5.65. The summed E-state index contributed by atoms with van der Waals surface area (Å²) in [5.41, 5.74) is -0.346. The summed E-state index contributed by atoms with van der Waals surface area (Å²) in [6, 6.07) is 0. The molecule has 0 aromatic carbocycles. The van der Waals surface area contributed by atoms with Crippen molar-refractivity contribution >= 4 is 5.97 Å². The van der Waals surface area contributed by atoms with Crippen LogP contribution in [0, 0.1) is 12.3 Å². The second-order valence-electron chi connectivity index (χ2n) is 5.07. The molecule has 1 atom stereocenters. The largest absolute Gasteiger partial charge is 0.367 e. The maximum atomic E-state index is 11.1. The van der Waals surface area contributed by atoms with Gasteiger partial charge in [-0.05, 0) is 33.6 Å². The second-order valence-corrected chi connectivity index (χ2v) is 5.07. The van der Waals surface area contributed by atoms with Crippen molar-refractivity contribution in [1.29, 1.82) is 0 Å². The molecule has 0 saturated carbocycles. The van der Waals surface area contributed by atoms with Crippen LogP contribution in [0.15, 0.2) is 0 Å². The van der Waals surface area contributed by atoms with Gasteiger partial charge in [0.1, 0.15) is 0 Å². The van der Waals surface area contributed by atoms with Crippen LogP contribution in [0.5, 0.6) is 0 Å². The summed E-state index contributed by atoms with van der Waals surface area (Å²) in [5.74, 6) is 2.37. The van der Waals surface area contributed by atoms with Gasteiger partial charge >= 0.3 is 5.97 Å². The molecule has 84 valence electrons. The van der Waals surface area contributed by atoms with E-state index in [-0.39, 0.29) is 17.0 Å². The molecule has 0 N–H and O–H groups in total. The van der Waals surface area contributed by atoms with Crippen molar-refractivity contribution in [1.82, 2.24) is 5.06 Å². The smallest absolute Gasteiger partial charge is 0.322 e. The minimum Gasteiger partial charge on any atom is -0.367 e. The average Bonchev–Trinajstić information content (AvgIpc) is 2.30. The van der Waals surface area contributed by atoms with Crippen LogP contribution in [-0.2, 0) is 9.63 Å². The van der Waals surface area contributed by atoms with E-state index >= 15 is 0 Å². The van der Waals surface area contributed by atoms with E-state index in [0.29, 0.717) is 6.42 Å². The van der Waals surface area contributed by atoms with Crippen molar-refractivity contribution < 1.29 is 9.63 Å². The van der Waals surface area contributed by atoms with E-state index in [1.165, 1.54) is 6.92 Å². The number of hydrogen-bond donors (Lipinski definition) is 0. The van der Waals surface area contributed by atoms with Crippen LogP contribution in [0.2, 0.25) is 0 Å². The van der Waals surface area contributed by atoms with Crippen molar-refractivity contribution in [2.24, 2.45) is 0 Å². The molecule has 1 rings (SSSR count). The van der Waals surface area contributed by atoms with Crippen LogP contribution in [0.3, 0.4) is 0 Å². The zero-order chi connectivity index (χ0) is 11.7. The summed E-state index contributed by atoms with van der Waals surface area (Å²) in [4.78, 5) is 16.4. The molecular weight excluding hydrogens is 190 g/mol. The number of carbonyl (C=O) groups is 1. The fourth-order valence-corrected chi connectivity index (χ4v) is 2.25. The Balaban J connectivity index is 2.91. The normalized spacial score (nSPS) is 29.8. The third-order valence-corrected chi connectivity index (χ3v) is 3.02. The number of nitrogens with zero attached hydrogens (tertiary/aromatic N) is 1. The predicted molar refractivity (Wildman–Crippen MR) is 58.8 cm³/mol. The van der Waals surface area contributed by atoms with Gasteiger partial charge in [-0.15, -0.1) is 17.4 Å². The summed E-state index contributed by atoms with van der Waals surface area (Å²) in [6.45, 7) is 7.60. The fraction of sp³-hybridized carbons (Fsp3) is 0.750. The molecular formula is C12H19NO2. The van der Waals surface area contributed by atoms with Gasteiger partial charge in [-0.3, -0.25) is 4.79 Å². The molecule has 1 aliphatic heterocycles. The Hall–Kier alpha value is -1.01. The van der Waals surface area contributed by atoms with Gasteiger partial charge in [0.15, 0.2) is 0 Å². The van der Waals surface area contributed by atoms with Crippen LogP contribution in [-0.4, -0.2) is 22.1 Å². The van der Waals surface area contributed by atoms with E-state index in [2.05, 4.69) is 19.8 Å². The Morgan fingerprint density at radius 3 is 2.53 bits per heavy atom. The van der Waals surface area contributed by atoms with E-state index in [0.717, 1.165) is 12.8 Å². The van der Waals surface area contributed by atoms with Gasteiger partial charge in [-0.1, -0.05) is 0 Å². The van der Waals surface area contributed by atoms with Crippen LogP contribution in [0.25, 0.3) is 0 Å². The highest BCUT2D eigenvalue weighted by Gasteiger charge is 2.49. The SMILES string of the molecule is C#CCC1(C)CCC(C)(C)N1OC(C)=O. The first-order valence-corrected chi connectivity index (χ1v) is 5.24. The van der Waals surface area contributed by atoms with Crippen LogP contribution in [0.4, 0.5) is 0 Å². The quantitative estimate of drug-likeness (QED) is 0.652. The van der Waals surface area contributed by atoms with Gasteiger partial charge in [0.25, 0.3) is 0 Å². The Bertz CT molecular complexity index is 303. The van der Waals surface area contributed by atoms with Crippen molar-refractivity contribution in [2.45, 2.75) is 58.0 Å². The lowest BCUT2D eigenvalue weighted by molar-refractivity contribution is -0.234. The first-order valence-electron chi connectivity index (χ1n) is 5.24. The molecule has 0 aliphatic carbocycles. The molecule has 0 radical (unpaired) electrons. The summed E-state index contributed by atoms with van der Waals surface area (Å²) in [5, 5.41) is 1.78. The molecule has 0 amide bonds. The van der Waals surface area contributed by atoms with Crippen LogP contribution >= 0.6 is 0 Å². The molecule has 1 aliphatic rings. The molecule has 0 bridgehead atoms. The molecule has 0 spiro atoms. The highest BCUT2D eigenvalue weighted by atomic mass is 16.7. The zero-order valence-electron chi connectivity index (χ0n) is 9.96. The molecule has 0 aromatic heterocycles. The van der Waals surface area contributed by atoms with Gasteiger partial charge in [-0.25, -0.2) is 0 Å². The fourth-order valence-electron chi connectivity index (χ4n) is 2.25. The molecule has 1 unspecified atom stereocenters. The maximum absolute atomic E-state index is 11.1. The van der Waals surface area contributed by atoms with Gasteiger partial charge in [0, 0.05) is 13.3 Å². The molecule has 3 heteroatoms. The summed E-state index contributed by atoms with van der Waals surface area (Å²) >= 11 is 0.